The van der Waals surface area contributed by atoms with Gasteiger partial charge < -0.3 is 5.11 Å². The molecule has 0 aromatic rings. The van der Waals surface area contributed by atoms with Crippen molar-refractivity contribution in [1.82, 2.24) is 0 Å². The minimum atomic E-state index is 0.148. The van der Waals surface area contributed by atoms with E-state index in [0.29, 0.717) is 5.92 Å². The van der Waals surface area contributed by atoms with Crippen molar-refractivity contribution in [3.8, 4) is 0 Å². The van der Waals surface area contributed by atoms with E-state index in [1.165, 1.54) is 5.57 Å². The highest BCUT2D eigenvalue weighted by atomic mass is 16.3. The second-order valence-corrected chi connectivity index (χ2v) is 3.49. The van der Waals surface area contributed by atoms with E-state index in [1.807, 2.05) is 0 Å². The van der Waals surface area contributed by atoms with Crippen LogP contribution in [0.1, 0.15) is 34.1 Å². The Morgan fingerprint density at radius 1 is 1.42 bits per heavy atom. The molecule has 0 heterocycles. The fourth-order valence-corrected chi connectivity index (χ4v) is 0.993. The highest BCUT2D eigenvalue weighted by Gasteiger charge is 1.94. The van der Waals surface area contributed by atoms with Gasteiger partial charge in [-0.3, -0.25) is 0 Å². The van der Waals surface area contributed by atoms with Gasteiger partial charge in [-0.25, -0.2) is 0 Å². The molecule has 1 nitrogen and oxygen atoms in total. The third-order valence-electron chi connectivity index (χ3n) is 1.72. The van der Waals surface area contributed by atoms with Crippen LogP contribution in [0.4, 0.5) is 0 Å². The molecule has 0 radical (unpaired) electrons. The third kappa shape index (κ3) is 5.14. The maximum Gasteiger partial charge on any atom is 0.0678 e. The Morgan fingerprint density at radius 2 is 2.00 bits per heavy atom. The van der Waals surface area contributed by atoms with Gasteiger partial charge in [0.15, 0.2) is 0 Å². The molecule has 0 saturated heterocycles. The Labute approximate surface area is 75.8 Å². The van der Waals surface area contributed by atoms with Crippen LogP contribution in [0.15, 0.2) is 23.3 Å². The number of hydrogen-bond donors (Lipinski definition) is 1. The summed E-state index contributed by atoms with van der Waals surface area (Å²) < 4.78 is 0. The average molecular weight is 168 g/mol. The van der Waals surface area contributed by atoms with Gasteiger partial charge >= 0.3 is 0 Å². The standard InChI is InChI=1S/C11H20O/c1-5-10(4)7-11(8-12)6-9(2)3/h6-7,9,12H,5,8H2,1-4H3/b10-7-,11-6+. The van der Waals surface area contributed by atoms with E-state index in [9.17, 15) is 0 Å². The summed E-state index contributed by atoms with van der Waals surface area (Å²) in [7, 11) is 0. The molecule has 0 bridgehead atoms. The Hall–Kier alpha value is -0.560. The van der Waals surface area contributed by atoms with Gasteiger partial charge in [-0.2, -0.15) is 0 Å². The van der Waals surface area contributed by atoms with E-state index in [1.54, 1.807) is 0 Å². The zero-order chi connectivity index (χ0) is 9.56. The Morgan fingerprint density at radius 3 is 2.33 bits per heavy atom. The first-order valence-electron chi connectivity index (χ1n) is 4.58. The number of hydrogen-bond acceptors (Lipinski definition) is 1. The molecule has 0 aliphatic carbocycles. The number of allylic oxidation sites excluding steroid dienone is 2. The molecular formula is C11H20O. The van der Waals surface area contributed by atoms with Crippen molar-refractivity contribution in [1.29, 1.82) is 0 Å². The third-order valence-corrected chi connectivity index (χ3v) is 1.72. The maximum absolute atomic E-state index is 9.01. The molecule has 0 aliphatic rings. The Kier molecular flexibility index (Phi) is 5.73. The van der Waals surface area contributed by atoms with Crippen LogP contribution in [-0.2, 0) is 0 Å². The van der Waals surface area contributed by atoms with Gasteiger partial charge in [-0.15, -0.1) is 0 Å². The summed E-state index contributed by atoms with van der Waals surface area (Å²) in [4.78, 5) is 0. The van der Waals surface area contributed by atoms with Crippen molar-refractivity contribution in [2.45, 2.75) is 34.1 Å². The minimum Gasteiger partial charge on any atom is -0.392 e. The van der Waals surface area contributed by atoms with E-state index in [4.69, 9.17) is 5.11 Å². The van der Waals surface area contributed by atoms with Gasteiger partial charge in [-0.05, 0) is 24.8 Å². The van der Waals surface area contributed by atoms with Gasteiger partial charge in [0, 0.05) is 0 Å². The van der Waals surface area contributed by atoms with Crippen molar-refractivity contribution in [2.24, 2.45) is 5.92 Å². The second-order valence-electron chi connectivity index (χ2n) is 3.49. The normalized spacial score (nSPS) is 14.2. The Bertz CT molecular complexity index is 175. The molecule has 1 N–H and O–H groups in total. The first kappa shape index (κ1) is 11.4. The van der Waals surface area contributed by atoms with Gasteiger partial charge in [-0.1, -0.05) is 38.5 Å². The van der Waals surface area contributed by atoms with Crippen LogP contribution in [0.25, 0.3) is 0 Å². The molecule has 1 heteroatoms. The second kappa shape index (κ2) is 6.01. The molecule has 70 valence electrons. The summed E-state index contributed by atoms with van der Waals surface area (Å²) in [5.74, 6) is 0.507. The average Bonchev–Trinajstić information content (AvgIpc) is 2.02. The van der Waals surface area contributed by atoms with Gasteiger partial charge in [0.2, 0.25) is 0 Å². The lowest BCUT2D eigenvalue weighted by molar-refractivity contribution is 0.334. The van der Waals surface area contributed by atoms with Crippen molar-refractivity contribution >= 4 is 0 Å². The van der Waals surface area contributed by atoms with Crippen LogP contribution in [0, 0.1) is 5.92 Å². The lowest BCUT2D eigenvalue weighted by atomic mass is 10.1. The Balaban J connectivity index is 4.36. The molecule has 0 fully saturated rings. The molecule has 0 rings (SSSR count). The van der Waals surface area contributed by atoms with Crippen molar-refractivity contribution in [3.63, 3.8) is 0 Å². The molecule has 12 heavy (non-hydrogen) atoms. The molecule has 0 aromatic carbocycles. The molecular weight excluding hydrogens is 148 g/mol. The monoisotopic (exact) mass is 168 g/mol. The molecule has 0 unspecified atom stereocenters. The van der Waals surface area contributed by atoms with Crippen molar-refractivity contribution in [2.75, 3.05) is 6.61 Å². The van der Waals surface area contributed by atoms with E-state index >= 15 is 0 Å². The molecule has 0 saturated carbocycles. The fraction of sp³-hybridized carbons (Fsp3) is 0.636. The first-order valence-corrected chi connectivity index (χ1v) is 4.58. The summed E-state index contributed by atoms with van der Waals surface area (Å²) in [6.07, 6.45) is 5.22. The highest BCUT2D eigenvalue weighted by Crippen LogP contribution is 2.08. The zero-order valence-corrected chi connectivity index (χ0v) is 8.59. The number of aliphatic hydroxyl groups excluding tert-OH is 1. The molecule has 0 amide bonds. The van der Waals surface area contributed by atoms with Crippen LogP contribution < -0.4 is 0 Å². The fourth-order valence-electron chi connectivity index (χ4n) is 0.993. The summed E-state index contributed by atoms with van der Waals surface area (Å²) in [6.45, 7) is 8.59. The van der Waals surface area contributed by atoms with E-state index in [2.05, 4.69) is 39.8 Å². The predicted molar refractivity (Wildman–Crippen MR) is 54.1 cm³/mol. The molecule has 0 aliphatic heterocycles. The van der Waals surface area contributed by atoms with Crippen LogP contribution >= 0.6 is 0 Å². The van der Waals surface area contributed by atoms with Gasteiger partial charge in [0.25, 0.3) is 0 Å². The highest BCUT2D eigenvalue weighted by molar-refractivity contribution is 5.23. The van der Waals surface area contributed by atoms with Gasteiger partial charge in [0.1, 0.15) is 0 Å². The lowest BCUT2D eigenvalue weighted by Gasteiger charge is -2.02. The molecule has 0 spiro atoms. The van der Waals surface area contributed by atoms with Gasteiger partial charge in [0.05, 0.1) is 6.61 Å². The number of rotatable bonds is 4. The first-order chi connectivity index (χ1) is 5.60. The summed E-state index contributed by atoms with van der Waals surface area (Å²) in [6, 6.07) is 0. The van der Waals surface area contributed by atoms with Crippen LogP contribution in [0.3, 0.4) is 0 Å². The maximum atomic E-state index is 9.01. The van der Waals surface area contributed by atoms with Crippen molar-refractivity contribution in [3.05, 3.63) is 23.3 Å². The molecule has 0 atom stereocenters. The smallest absolute Gasteiger partial charge is 0.0678 e. The topological polar surface area (TPSA) is 20.2 Å². The summed E-state index contributed by atoms with van der Waals surface area (Å²) >= 11 is 0. The SMILES string of the molecule is CC/C(C)=C\C(=C/C(C)C)CO. The molecule has 0 aromatic heterocycles. The van der Waals surface area contributed by atoms with Crippen LogP contribution in [0.5, 0.6) is 0 Å². The number of aliphatic hydroxyl groups is 1. The van der Waals surface area contributed by atoms with Crippen LogP contribution in [0.2, 0.25) is 0 Å². The summed E-state index contributed by atoms with van der Waals surface area (Å²) in [5, 5.41) is 9.01. The quantitative estimate of drug-likeness (QED) is 0.640. The van der Waals surface area contributed by atoms with Crippen LogP contribution in [-0.4, -0.2) is 11.7 Å². The van der Waals surface area contributed by atoms with E-state index in [0.717, 1.165) is 12.0 Å². The minimum absolute atomic E-state index is 0.148. The lowest BCUT2D eigenvalue weighted by Crippen LogP contribution is -1.91. The summed E-state index contributed by atoms with van der Waals surface area (Å²) in [5.41, 5.74) is 2.35. The largest absolute Gasteiger partial charge is 0.392 e. The van der Waals surface area contributed by atoms with Crippen molar-refractivity contribution < 1.29 is 5.11 Å². The van der Waals surface area contributed by atoms with E-state index in [-0.39, 0.29) is 6.61 Å². The zero-order valence-electron chi connectivity index (χ0n) is 8.59. The van der Waals surface area contributed by atoms with E-state index < -0.39 is 0 Å². The predicted octanol–water partition coefficient (Wildman–Crippen LogP) is 2.92.